The van der Waals surface area contributed by atoms with E-state index in [9.17, 15) is 28.4 Å². The third-order valence-electron chi connectivity index (χ3n) is 6.68. The van der Waals surface area contributed by atoms with Crippen LogP contribution in [-0.2, 0) is 19.8 Å². The second-order valence-electron chi connectivity index (χ2n) is 11.3. The second-order valence-corrected chi connectivity index (χ2v) is 11.7. The normalized spacial score (nSPS) is 19.1. The number of guanidine groups is 1. The number of amides is 3. The molecule has 2 aliphatic rings. The first-order valence-electron chi connectivity index (χ1n) is 13.1. The maximum absolute atomic E-state index is 14.6. The predicted molar refractivity (Wildman–Crippen MR) is 148 cm³/mol. The molecule has 2 unspecified atom stereocenters. The highest BCUT2D eigenvalue weighted by Gasteiger charge is 2.60. The van der Waals surface area contributed by atoms with Crippen LogP contribution in [0.4, 0.5) is 18.4 Å². The lowest BCUT2D eigenvalue weighted by Crippen LogP contribution is -2.50. The van der Waals surface area contributed by atoms with Gasteiger partial charge in [-0.3, -0.25) is 15.0 Å². The van der Waals surface area contributed by atoms with Gasteiger partial charge in [0.25, 0.3) is 5.91 Å². The fraction of sp³-hybridized carbons (Fsp3) is 0.414. The van der Waals surface area contributed by atoms with Crippen LogP contribution in [0.2, 0.25) is 5.02 Å². The van der Waals surface area contributed by atoms with Crippen molar-refractivity contribution in [2.24, 2.45) is 10.9 Å². The van der Waals surface area contributed by atoms with Crippen molar-refractivity contribution < 1.29 is 32.6 Å². The van der Waals surface area contributed by atoms with Crippen molar-refractivity contribution in [3.8, 4) is 6.07 Å². The van der Waals surface area contributed by atoms with Crippen molar-refractivity contribution in [3.63, 3.8) is 0 Å². The lowest BCUT2D eigenvalue weighted by atomic mass is 9.84. The molecule has 1 aliphatic heterocycles. The summed E-state index contributed by atoms with van der Waals surface area (Å²) < 4.78 is 39.8. The van der Waals surface area contributed by atoms with E-state index < -0.39 is 59.4 Å². The second kappa shape index (κ2) is 11.6. The van der Waals surface area contributed by atoms with Gasteiger partial charge in [0.2, 0.25) is 5.96 Å². The van der Waals surface area contributed by atoms with Crippen molar-refractivity contribution in [3.05, 3.63) is 69.7 Å². The summed E-state index contributed by atoms with van der Waals surface area (Å²) in [7, 11) is 2.95. The summed E-state index contributed by atoms with van der Waals surface area (Å²) in [6.07, 6.45) is -0.601. The van der Waals surface area contributed by atoms with Crippen LogP contribution < -0.4 is 5.32 Å². The van der Waals surface area contributed by atoms with Gasteiger partial charge in [-0.05, 0) is 74.9 Å². The van der Waals surface area contributed by atoms with E-state index in [0.717, 1.165) is 17.0 Å². The van der Waals surface area contributed by atoms with E-state index in [4.69, 9.17) is 21.1 Å². The lowest BCUT2D eigenvalue weighted by Gasteiger charge is -2.32. The number of alkyl carbamates (subject to hydrolysis) is 1. The van der Waals surface area contributed by atoms with Crippen LogP contribution in [0.15, 0.2) is 41.4 Å². The summed E-state index contributed by atoms with van der Waals surface area (Å²) in [6, 6.07) is 8.00. The van der Waals surface area contributed by atoms with Crippen molar-refractivity contribution >= 4 is 35.7 Å². The Kier molecular flexibility index (Phi) is 8.46. The van der Waals surface area contributed by atoms with Gasteiger partial charge in [-0.15, -0.1) is 0 Å². The van der Waals surface area contributed by atoms with Crippen molar-refractivity contribution in [1.82, 2.24) is 15.1 Å². The van der Waals surface area contributed by atoms with Gasteiger partial charge in [0, 0.05) is 20.2 Å². The van der Waals surface area contributed by atoms with Crippen LogP contribution >= 0.6 is 11.6 Å². The van der Waals surface area contributed by atoms with Gasteiger partial charge in [-0.2, -0.15) is 5.26 Å². The summed E-state index contributed by atoms with van der Waals surface area (Å²) in [5, 5.41) is 12.3. The van der Waals surface area contributed by atoms with E-state index in [1.54, 1.807) is 20.8 Å². The van der Waals surface area contributed by atoms with E-state index in [1.165, 1.54) is 37.2 Å². The first kappa shape index (κ1) is 30.7. The molecule has 4 rings (SSSR count). The third kappa shape index (κ3) is 6.31. The minimum Gasteiger partial charge on any atom is -0.447 e. The first-order chi connectivity index (χ1) is 19.7. The number of aliphatic imine (C=N–C) groups is 1. The van der Waals surface area contributed by atoms with Gasteiger partial charge in [0.05, 0.1) is 16.6 Å². The minimum atomic E-state index is -1.79. The smallest absolute Gasteiger partial charge is 0.414 e. The highest BCUT2D eigenvalue weighted by molar-refractivity contribution is 6.31. The molecule has 10 nitrogen and oxygen atoms in total. The van der Waals surface area contributed by atoms with Crippen molar-refractivity contribution in [1.29, 1.82) is 5.26 Å². The van der Waals surface area contributed by atoms with Gasteiger partial charge in [0.15, 0.2) is 5.54 Å². The monoisotopic (exact) mass is 601 g/mol. The molecule has 1 fully saturated rings. The maximum Gasteiger partial charge on any atom is 0.414 e. The Bertz CT molecular complexity index is 1480. The number of benzene rings is 2. The average molecular weight is 602 g/mol. The average Bonchev–Trinajstić information content (AvgIpc) is 3.69. The van der Waals surface area contributed by atoms with Crippen LogP contribution in [0.3, 0.4) is 0 Å². The molecule has 1 N–H and O–H groups in total. The van der Waals surface area contributed by atoms with Gasteiger partial charge < -0.3 is 14.4 Å². The Hall–Kier alpha value is -4.24. The van der Waals surface area contributed by atoms with Crippen LogP contribution in [-0.4, -0.2) is 60.2 Å². The molecule has 0 aromatic heterocycles. The molecular weight excluding hydrogens is 572 g/mol. The van der Waals surface area contributed by atoms with E-state index in [2.05, 4.69) is 10.3 Å². The number of nitrogens with one attached hydrogen (secondary N) is 1. The predicted octanol–water partition coefficient (Wildman–Crippen LogP) is 5.26. The number of nitriles is 1. The van der Waals surface area contributed by atoms with Gasteiger partial charge in [0.1, 0.15) is 29.9 Å². The maximum atomic E-state index is 14.6. The quantitative estimate of drug-likeness (QED) is 0.482. The summed E-state index contributed by atoms with van der Waals surface area (Å²) in [5.41, 5.74) is -2.32. The number of hydrogen-bond donors (Lipinski definition) is 1. The molecule has 1 heterocycles. The van der Waals surface area contributed by atoms with Crippen LogP contribution in [0.1, 0.15) is 56.3 Å². The molecular formula is C29H30ClF2N5O5. The Balaban J connectivity index is 1.90. The standard InChI is InChI=1S/C29H30ClF2N5O5/c1-28(2,3)42-26(39)34-25-35-29(18-7-8-18,19-11-20(31)13-21(32)12-19)24(38)37(25)23(15-41-27(40)36(4)5)16-6-9-22(30)17(10-16)14-33/h6,9-13,18,23H,7-8,15H2,1-5H3,(H,34,35,39). The summed E-state index contributed by atoms with van der Waals surface area (Å²) >= 11 is 6.16. The summed E-state index contributed by atoms with van der Waals surface area (Å²) in [4.78, 5) is 46.9. The summed E-state index contributed by atoms with van der Waals surface area (Å²) in [5.74, 6) is -3.22. The SMILES string of the molecule is CN(C)C(=O)OCC(c1ccc(Cl)c(C#N)c1)N1C(=O)C(c2cc(F)cc(F)c2)(C2CC2)N=C1NC(=O)OC(C)(C)C. The molecule has 1 saturated carbocycles. The number of nitrogens with zero attached hydrogens (tertiary/aromatic N) is 4. The van der Waals surface area contributed by atoms with Crippen molar-refractivity contribution in [2.45, 2.75) is 50.8 Å². The third-order valence-corrected chi connectivity index (χ3v) is 7.01. The molecule has 3 amide bonds. The summed E-state index contributed by atoms with van der Waals surface area (Å²) in [6.45, 7) is 4.52. The molecule has 0 spiro atoms. The van der Waals surface area contributed by atoms with Gasteiger partial charge >= 0.3 is 12.2 Å². The molecule has 0 bridgehead atoms. The minimum absolute atomic E-state index is 0.0312. The van der Waals surface area contributed by atoms with Crippen LogP contribution in [0.5, 0.6) is 0 Å². The van der Waals surface area contributed by atoms with E-state index in [0.29, 0.717) is 24.5 Å². The molecule has 0 radical (unpaired) electrons. The highest BCUT2D eigenvalue weighted by atomic mass is 35.5. The Labute approximate surface area is 246 Å². The zero-order valence-corrected chi connectivity index (χ0v) is 24.5. The van der Waals surface area contributed by atoms with Crippen molar-refractivity contribution in [2.75, 3.05) is 20.7 Å². The van der Waals surface area contributed by atoms with Gasteiger partial charge in [-0.25, -0.2) is 23.4 Å². The van der Waals surface area contributed by atoms with Crippen LogP contribution in [0, 0.1) is 28.9 Å². The Morgan fingerprint density at radius 3 is 2.40 bits per heavy atom. The lowest BCUT2D eigenvalue weighted by molar-refractivity contribution is -0.134. The number of carbonyl (C=O) groups excluding carboxylic acids is 3. The number of carbonyl (C=O) groups is 3. The van der Waals surface area contributed by atoms with Gasteiger partial charge in [-0.1, -0.05) is 17.7 Å². The molecule has 1 aliphatic carbocycles. The molecule has 13 heteroatoms. The van der Waals surface area contributed by atoms with E-state index in [1.807, 2.05) is 6.07 Å². The van der Waals surface area contributed by atoms with Crippen LogP contribution in [0.25, 0.3) is 0 Å². The molecule has 42 heavy (non-hydrogen) atoms. The molecule has 0 saturated heterocycles. The highest BCUT2D eigenvalue weighted by Crippen LogP contribution is 2.53. The fourth-order valence-corrected chi connectivity index (χ4v) is 4.88. The zero-order valence-electron chi connectivity index (χ0n) is 23.7. The number of rotatable bonds is 6. The van der Waals surface area contributed by atoms with E-state index >= 15 is 0 Å². The van der Waals surface area contributed by atoms with E-state index in [-0.39, 0.29) is 22.1 Å². The Morgan fingerprint density at radius 1 is 1.21 bits per heavy atom. The topological polar surface area (TPSA) is 124 Å². The molecule has 2 aromatic carbocycles. The molecule has 2 aromatic rings. The largest absolute Gasteiger partial charge is 0.447 e. The Morgan fingerprint density at radius 2 is 1.86 bits per heavy atom. The zero-order chi connectivity index (χ0) is 31.0. The number of ether oxygens (including phenoxy) is 2. The molecule has 222 valence electrons. The number of hydrogen-bond acceptors (Lipinski definition) is 7. The fourth-order valence-electron chi connectivity index (χ4n) is 4.72. The first-order valence-corrected chi connectivity index (χ1v) is 13.5. The molecule has 2 atom stereocenters. The number of halogens is 3.